The zero-order valence-corrected chi connectivity index (χ0v) is 16.4. The maximum atomic E-state index is 3.61. The molecule has 0 aliphatic rings. The summed E-state index contributed by atoms with van der Waals surface area (Å²) in [4.78, 5) is 0. The van der Waals surface area contributed by atoms with Crippen LogP contribution in [0.3, 0.4) is 0 Å². The van der Waals surface area contributed by atoms with E-state index in [9.17, 15) is 0 Å². The molecule has 0 aliphatic heterocycles. The predicted octanol–water partition coefficient (Wildman–Crippen LogP) is 4.47. The molecule has 0 fully saturated rings. The highest BCUT2D eigenvalue weighted by Gasteiger charge is 1.99. The molecule has 0 bridgehead atoms. The number of hydrogen-bond acceptors (Lipinski definition) is 3. The van der Waals surface area contributed by atoms with Crippen molar-refractivity contribution in [2.75, 3.05) is 32.7 Å². The van der Waals surface area contributed by atoms with E-state index in [1.807, 2.05) is 0 Å². The van der Waals surface area contributed by atoms with Gasteiger partial charge in [0, 0.05) is 32.2 Å². The van der Waals surface area contributed by atoms with Crippen LogP contribution in [0.1, 0.15) is 91.4 Å². The zero-order valence-electron chi connectivity index (χ0n) is 16.4. The highest BCUT2D eigenvalue weighted by atomic mass is 15.0. The Balaban J connectivity index is 3.07. The molecule has 0 aliphatic carbocycles. The van der Waals surface area contributed by atoms with Crippen LogP contribution < -0.4 is 16.0 Å². The summed E-state index contributed by atoms with van der Waals surface area (Å²) in [5.74, 6) is 0. The maximum Gasteiger partial charge on any atom is 0.00792 e. The van der Waals surface area contributed by atoms with Gasteiger partial charge in [0.25, 0.3) is 0 Å². The molecule has 0 aromatic rings. The van der Waals surface area contributed by atoms with E-state index in [-0.39, 0.29) is 0 Å². The zero-order chi connectivity index (χ0) is 17.0. The summed E-state index contributed by atoms with van der Waals surface area (Å²) in [5, 5.41) is 10.7. The quantitative estimate of drug-likeness (QED) is 0.306. The molecule has 1 atom stereocenters. The summed E-state index contributed by atoms with van der Waals surface area (Å²) in [6, 6.07) is 0.666. The van der Waals surface area contributed by atoms with E-state index < -0.39 is 0 Å². The van der Waals surface area contributed by atoms with Crippen molar-refractivity contribution in [3.8, 4) is 0 Å². The van der Waals surface area contributed by atoms with Gasteiger partial charge in [0.05, 0.1) is 0 Å². The molecule has 0 radical (unpaired) electrons. The fraction of sp³-hybridized carbons (Fsp3) is 1.00. The summed E-state index contributed by atoms with van der Waals surface area (Å²) in [6.45, 7) is 12.4. The second-order valence-electron chi connectivity index (χ2n) is 6.97. The largest absolute Gasteiger partial charge is 0.315 e. The third-order valence-corrected chi connectivity index (χ3v) is 4.47. The average molecular weight is 328 g/mol. The molecule has 3 N–H and O–H groups in total. The van der Waals surface area contributed by atoms with E-state index in [0.717, 1.165) is 26.2 Å². The minimum atomic E-state index is 0.666. The molecule has 23 heavy (non-hydrogen) atoms. The Morgan fingerprint density at radius 3 is 1.78 bits per heavy atom. The normalized spacial score (nSPS) is 12.7. The molecule has 3 heteroatoms. The molecule has 0 heterocycles. The lowest BCUT2D eigenvalue weighted by Gasteiger charge is -2.14. The summed E-state index contributed by atoms with van der Waals surface area (Å²) >= 11 is 0. The molecule has 0 rings (SSSR count). The van der Waals surface area contributed by atoms with Gasteiger partial charge in [0.2, 0.25) is 0 Å². The van der Waals surface area contributed by atoms with Gasteiger partial charge in [-0.05, 0) is 26.3 Å². The number of rotatable bonds is 19. The minimum Gasteiger partial charge on any atom is -0.315 e. The molecule has 140 valence electrons. The molecule has 0 aromatic heterocycles. The first kappa shape index (κ1) is 22.9. The van der Waals surface area contributed by atoms with Crippen molar-refractivity contribution in [3.63, 3.8) is 0 Å². The minimum absolute atomic E-state index is 0.666. The van der Waals surface area contributed by atoms with Crippen LogP contribution in [0.2, 0.25) is 0 Å². The van der Waals surface area contributed by atoms with Crippen LogP contribution in [0, 0.1) is 0 Å². The van der Waals surface area contributed by atoms with Crippen molar-refractivity contribution in [2.45, 2.75) is 97.4 Å². The first-order valence-electron chi connectivity index (χ1n) is 10.5. The molecule has 0 spiro atoms. The lowest BCUT2D eigenvalue weighted by molar-refractivity contribution is 0.474. The van der Waals surface area contributed by atoms with Gasteiger partial charge in [-0.1, -0.05) is 71.6 Å². The Hall–Kier alpha value is -0.120. The second kappa shape index (κ2) is 19.9. The van der Waals surface area contributed by atoms with Crippen molar-refractivity contribution in [2.24, 2.45) is 0 Å². The molecule has 3 nitrogen and oxygen atoms in total. The Bertz CT molecular complexity index is 209. The van der Waals surface area contributed by atoms with Crippen molar-refractivity contribution in [1.82, 2.24) is 16.0 Å². The van der Waals surface area contributed by atoms with Crippen LogP contribution >= 0.6 is 0 Å². The highest BCUT2D eigenvalue weighted by Crippen LogP contribution is 2.05. The molecule has 1 unspecified atom stereocenters. The maximum absolute atomic E-state index is 3.61. The molecule has 0 saturated heterocycles. The van der Waals surface area contributed by atoms with Crippen LogP contribution in [-0.2, 0) is 0 Å². The standard InChI is InChI=1S/C20H45N3/c1-4-6-8-10-11-13-15-21-16-17-22-18-19-23-20(3)14-12-9-7-5-2/h20-23H,4-19H2,1-3H3. The van der Waals surface area contributed by atoms with Gasteiger partial charge in [-0.25, -0.2) is 0 Å². The van der Waals surface area contributed by atoms with E-state index in [2.05, 4.69) is 36.7 Å². The highest BCUT2D eigenvalue weighted by molar-refractivity contribution is 4.62. The number of hydrogen-bond donors (Lipinski definition) is 3. The summed E-state index contributed by atoms with van der Waals surface area (Å²) < 4.78 is 0. The van der Waals surface area contributed by atoms with Gasteiger partial charge in [-0.15, -0.1) is 0 Å². The van der Waals surface area contributed by atoms with Gasteiger partial charge < -0.3 is 16.0 Å². The lowest BCUT2D eigenvalue weighted by Crippen LogP contribution is -2.36. The van der Waals surface area contributed by atoms with E-state index in [0.29, 0.717) is 6.04 Å². The summed E-state index contributed by atoms with van der Waals surface area (Å²) in [5.41, 5.74) is 0. The van der Waals surface area contributed by atoms with E-state index in [1.165, 1.54) is 77.2 Å². The predicted molar refractivity (Wildman–Crippen MR) is 105 cm³/mol. The van der Waals surface area contributed by atoms with E-state index >= 15 is 0 Å². The molecule has 0 amide bonds. The molecular formula is C20H45N3. The average Bonchev–Trinajstić information content (AvgIpc) is 2.56. The molecule has 0 saturated carbocycles. The first-order chi connectivity index (χ1) is 11.3. The third-order valence-electron chi connectivity index (χ3n) is 4.47. The van der Waals surface area contributed by atoms with Gasteiger partial charge in [0.15, 0.2) is 0 Å². The van der Waals surface area contributed by atoms with Crippen molar-refractivity contribution < 1.29 is 0 Å². The van der Waals surface area contributed by atoms with Gasteiger partial charge in [-0.3, -0.25) is 0 Å². The second-order valence-corrected chi connectivity index (χ2v) is 6.97. The van der Waals surface area contributed by atoms with E-state index in [4.69, 9.17) is 0 Å². The number of nitrogens with one attached hydrogen (secondary N) is 3. The topological polar surface area (TPSA) is 36.1 Å². The fourth-order valence-electron chi connectivity index (χ4n) is 2.84. The third kappa shape index (κ3) is 19.8. The van der Waals surface area contributed by atoms with Gasteiger partial charge in [0.1, 0.15) is 0 Å². The Morgan fingerprint density at radius 2 is 1.09 bits per heavy atom. The molecule has 0 aromatic carbocycles. The lowest BCUT2D eigenvalue weighted by atomic mass is 10.1. The van der Waals surface area contributed by atoms with Gasteiger partial charge in [-0.2, -0.15) is 0 Å². The Labute approximate surface area is 146 Å². The Morgan fingerprint density at radius 1 is 0.565 bits per heavy atom. The first-order valence-corrected chi connectivity index (χ1v) is 10.5. The van der Waals surface area contributed by atoms with Crippen molar-refractivity contribution >= 4 is 0 Å². The van der Waals surface area contributed by atoms with Crippen LogP contribution in [0.15, 0.2) is 0 Å². The number of unbranched alkanes of at least 4 members (excludes halogenated alkanes) is 8. The monoisotopic (exact) mass is 327 g/mol. The summed E-state index contributed by atoms with van der Waals surface area (Å²) in [7, 11) is 0. The van der Waals surface area contributed by atoms with Crippen LogP contribution in [0.4, 0.5) is 0 Å². The van der Waals surface area contributed by atoms with Gasteiger partial charge >= 0.3 is 0 Å². The Kier molecular flexibility index (Phi) is 19.8. The fourth-order valence-corrected chi connectivity index (χ4v) is 2.84. The van der Waals surface area contributed by atoms with Crippen LogP contribution in [0.25, 0.3) is 0 Å². The van der Waals surface area contributed by atoms with Crippen LogP contribution in [0.5, 0.6) is 0 Å². The smallest absolute Gasteiger partial charge is 0.00792 e. The van der Waals surface area contributed by atoms with E-state index in [1.54, 1.807) is 0 Å². The van der Waals surface area contributed by atoms with Crippen LogP contribution in [-0.4, -0.2) is 38.8 Å². The van der Waals surface area contributed by atoms with Crippen molar-refractivity contribution in [1.29, 1.82) is 0 Å². The van der Waals surface area contributed by atoms with Crippen molar-refractivity contribution in [3.05, 3.63) is 0 Å². The SMILES string of the molecule is CCCCCCCCNCCNCCNC(C)CCCCCC. The summed E-state index contributed by atoms with van der Waals surface area (Å²) in [6.07, 6.45) is 15.1. The molecular weight excluding hydrogens is 282 g/mol.